The third-order valence-electron chi connectivity index (χ3n) is 4.88. The van der Waals surface area contributed by atoms with E-state index in [4.69, 9.17) is 0 Å². The molecule has 1 unspecified atom stereocenters. The first-order valence-corrected chi connectivity index (χ1v) is 9.61. The molecule has 0 nitrogen and oxygen atoms in total. The molecule has 0 saturated heterocycles. The predicted octanol–water partition coefficient (Wildman–Crippen LogP) is 7.41. The third-order valence-corrected chi connectivity index (χ3v) is 4.88. The highest BCUT2D eigenvalue weighted by atomic mass is 19.1. The van der Waals surface area contributed by atoms with E-state index in [2.05, 4.69) is 69.3 Å². The van der Waals surface area contributed by atoms with Crippen molar-refractivity contribution in [2.75, 3.05) is 0 Å². The van der Waals surface area contributed by atoms with Crippen molar-refractivity contribution in [2.45, 2.75) is 58.3 Å². The molecule has 0 amide bonds. The van der Waals surface area contributed by atoms with E-state index >= 15 is 0 Å². The van der Waals surface area contributed by atoms with Crippen LogP contribution in [-0.4, -0.2) is 0 Å². The summed E-state index contributed by atoms with van der Waals surface area (Å²) in [6.45, 7) is 6.52. The summed E-state index contributed by atoms with van der Waals surface area (Å²) >= 11 is 0. The first-order valence-electron chi connectivity index (χ1n) is 9.61. The Hall–Kier alpha value is -2.15. The van der Waals surface area contributed by atoms with Gasteiger partial charge in [0.1, 0.15) is 5.82 Å². The Bertz CT molecular complexity index is 706. The van der Waals surface area contributed by atoms with Gasteiger partial charge >= 0.3 is 0 Å². The molecule has 0 aromatic heterocycles. The van der Waals surface area contributed by atoms with Crippen LogP contribution in [-0.2, 0) is 11.8 Å². The van der Waals surface area contributed by atoms with Crippen LogP contribution in [0.5, 0.6) is 0 Å². The van der Waals surface area contributed by atoms with E-state index in [1.165, 1.54) is 16.7 Å². The molecular formula is C25H31F. The maximum atomic E-state index is 13.3. The number of rotatable bonds is 9. The first kappa shape index (κ1) is 20.2. The Balaban J connectivity index is 2.00. The van der Waals surface area contributed by atoms with Crippen molar-refractivity contribution in [3.05, 3.63) is 95.3 Å². The Kier molecular flexibility index (Phi) is 7.84. The molecule has 1 atom stereocenters. The van der Waals surface area contributed by atoms with Gasteiger partial charge in [0.25, 0.3) is 0 Å². The van der Waals surface area contributed by atoms with Gasteiger partial charge in [0.05, 0.1) is 0 Å². The van der Waals surface area contributed by atoms with E-state index in [1.54, 1.807) is 12.1 Å². The Morgan fingerprint density at radius 3 is 2.31 bits per heavy atom. The smallest absolute Gasteiger partial charge is 0.123 e. The minimum absolute atomic E-state index is 0.0631. The van der Waals surface area contributed by atoms with Crippen molar-refractivity contribution < 1.29 is 4.39 Å². The summed E-state index contributed by atoms with van der Waals surface area (Å²) in [6, 6.07) is 17.6. The van der Waals surface area contributed by atoms with Crippen LogP contribution < -0.4 is 0 Å². The van der Waals surface area contributed by atoms with Crippen LogP contribution in [0, 0.1) is 5.82 Å². The van der Waals surface area contributed by atoms with Crippen molar-refractivity contribution >= 4 is 0 Å². The van der Waals surface area contributed by atoms with Crippen LogP contribution in [0.3, 0.4) is 0 Å². The van der Waals surface area contributed by atoms with Crippen LogP contribution in [0.25, 0.3) is 0 Å². The number of benzene rings is 2. The zero-order valence-corrected chi connectivity index (χ0v) is 16.3. The molecular weight excluding hydrogens is 319 g/mol. The zero-order chi connectivity index (χ0) is 18.8. The molecule has 26 heavy (non-hydrogen) atoms. The Labute approximate surface area is 158 Å². The quantitative estimate of drug-likeness (QED) is 0.326. The summed E-state index contributed by atoms with van der Waals surface area (Å²) in [6.07, 6.45) is 12.3. The lowest BCUT2D eigenvalue weighted by atomic mass is 9.78. The number of allylic oxidation sites excluding steroid dienone is 4. The average molecular weight is 351 g/mol. The minimum Gasteiger partial charge on any atom is -0.207 e. The number of aryl methyl sites for hydroxylation is 1. The SMILES string of the molecule is CC(C)=CCCC(C)(/C=C/CCCc1ccccc1)c1ccc(F)cc1. The summed E-state index contributed by atoms with van der Waals surface area (Å²) in [5.41, 5.74) is 3.86. The standard InChI is InChI=1S/C25H31F/c1-21(2)11-10-20-25(3,23-15-17-24(26)18-16-23)19-9-5-8-14-22-12-6-4-7-13-22/h4,6-7,9,11-13,15-19H,5,8,10,14,20H2,1-3H3/b19-9+. The largest absolute Gasteiger partial charge is 0.207 e. The molecule has 0 spiro atoms. The van der Waals surface area contributed by atoms with Crippen LogP contribution in [0.4, 0.5) is 4.39 Å². The molecule has 0 radical (unpaired) electrons. The molecule has 0 aliphatic carbocycles. The van der Waals surface area contributed by atoms with Crippen molar-refractivity contribution in [1.29, 1.82) is 0 Å². The van der Waals surface area contributed by atoms with E-state index in [0.29, 0.717) is 0 Å². The highest BCUT2D eigenvalue weighted by molar-refractivity contribution is 5.30. The molecule has 0 aliphatic heterocycles. The second kappa shape index (κ2) is 10.1. The average Bonchev–Trinajstić information content (AvgIpc) is 2.62. The zero-order valence-electron chi connectivity index (χ0n) is 16.3. The number of unbranched alkanes of at least 4 members (excludes halogenated alkanes) is 1. The molecule has 2 aromatic carbocycles. The van der Waals surface area contributed by atoms with Crippen LogP contribution in [0.2, 0.25) is 0 Å². The Morgan fingerprint density at radius 2 is 1.65 bits per heavy atom. The predicted molar refractivity (Wildman–Crippen MR) is 111 cm³/mol. The van der Waals surface area contributed by atoms with Gasteiger partial charge in [-0.1, -0.05) is 73.2 Å². The van der Waals surface area contributed by atoms with Crippen molar-refractivity contribution in [3.8, 4) is 0 Å². The molecule has 0 aliphatic rings. The normalized spacial score (nSPS) is 13.5. The molecule has 2 rings (SSSR count). The summed E-state index contributed by atoms with van der Waals surface area (Å²) < 4.78 is 13.3. The maximum Gasteiger partial charge on any atom is 0.123 e. The molecule has 0 fully saturated rings. The minimum atomic E-state index is -0.174. The second-order valence-electron chi connectivity index (χ2n) is 7.52. The molecule has 0 N–H and O–H groups in total. The van der Waals surface area contributed by atoms with Crippen LogP contribution in [0.1, 0.15) is 57.6 Å². The number of hydrogen-bond donors (Lipinski definition) is 0. The lowest BCUT2D eigenvalue weighted by Crippen LogP contribution is -2.18. The van der Waals surface area contributed by atoms with Crippen molar-refractivity contribution in [3.63, 3.8) is 0 Å². The van der Waals surface area contributed by atoms with Gasteiger partial charge in [-0.25, -0.2) is 4.39 Å². The third kappa shape index (κ3) is 6.63. The summed E-state index contributed by atoms with van der Waals surface area (Å²) in [5, 5.41) is 0. The summed E-state index contributed by atoms with van der Waals surface area (Å²) in [5.74, 6) is -0.174. The molecule has 138 valence electrons. The molecule has 1 heteroatoms. The van der Waals surface area contributed by atoms with Crippen LogP contribution >= 0.6 is 0 Å². The van der Waals surface area contributed by atoms with Gasteiger partial charge in [0.15, 0.2) is 0 Å². The second-order valence-corrected chi connectivity index (χ2v) is 7.52. The van der Waals surface area contributed by atoms with Crippen molar-refractivity contribution in [1.82, 2.24) is 0 Å². The molecule has 0 bridgehead atoms. The van der Waals surface area contributed by atoms with Crippen LogP contribution in [0.15, 0.2) is 78.4 Å². The van der Waals surface area contributed by atoms with Gasteiger partial charge in [-0.3, -0.25) is 0 Å². The fourth-order valence-electron chi connectivity index (χ4n) is 3.23. The van der Waals surface area contributed by atoms with Gasteiger partial charge in [-0.05, 0) is 69.2 Å². The van der Waals surface area contributed by atoms with E-state index < -0.39 is 0 Å². The molecule has 2 aromatic rings. The fraction of sp³-hybridized carbons (Fsp3) is 0.360. The topological polar surface area (TPSA) is 0 Å². The molecule has 0 saturated carbocycles. The maximum absolute atomic E-state index is 13.3. The first-order chi connectivity index (χ1) is 12.5. The summed E-state index contributed by atoms with van der Waals surface area (Å²) in [4.78, 5) is 0. The highest BCUT2D eigenvalue weighted by Gasteiger charge is 2.22. The summed E-state index contributed by atoms with van der Waals surface area (Å²) in [7, 11) is 0. The monoisotopic (exact) mass is 350 g/mol. The van der Waals surface area contributed by atoms with Crippen molar-refractivity contribution in [2.24, 2.45) is 0 Å². The lowest BCUT2D eigenvalue weighted by molar-refractivity contribution is 0.540. The fourth-order valence-corrected chi connectivity index (χ4v) is 3.23. The van der Waals surface area contributed by atoms with E-state index in [0.717, 1.165) is 32.1 Å². The highest BCUT2D eigenvalue weighted by Crippen LogP contribution is 2.31. The van der Waals surface area contributed by atoms with E-state index in [-0.39, 0.29) is 11.2 Å². The van der Waals surface area contributed by atoms with E-state index in [9.17, 15) is 4.39 Å². The van der Waals surface area contributed by atoms with E-state index in [1.807, 2.05) is 12.1 Å². The lowest BCUT2D eigenvalue weighted by Gasteiger charge is -2.26. The molecule has 0 heterocycles. The van der Waals surface area contributed by atoms with Gasteiger partial charge in [-0.15, -0.1) is 0 Å². The van der Waals surface area contributed by atoms with Gasteiger partial charge in [0, 0.05) is 5.41 Å². The van der Waals surface area contributed by atoms with Gasteiger partial charge in [-0.2, -0.15) is 0 Å². The van der Waals surface area contributed by atoms with Gasteiger partial charge < -0.3 is 0 Å². The number of hydrogen-bond acceptors (Lipinski definition) is 0. The number of halogens is 1. The Morgan fingerprint density at radius 1 is 0.962 bits per heavy atom. The van der Waals surface area contributed by atoms with Gasteiger partial charge in [0.2, 0.25) is 0 Å².